The van der Waals surface area contributed by atoms with Gasteiger partial charge in [0.15, 0.2) is 6.33 Å². The number of nitrogens with zero attached hydrogens (tertiary/aromatic N) is 28. The summed E-state index contributed by atoms with van der Waals surface area (Å²) in [4.78, 5) is 52.9. The summed E-state index contributed by atoms with van der Waals surface area (Å²) in [6.07, 6.45) is 5.64. The van der Waals surface area contributed by atoms with Crippen LogP contribution in [0.1, 0.15) is 25.9 Å². The maximum absolute atomic E-state index is 13.0. The number of fused-ring (bicyclic) bond motifs is 4. The van der Waals surface area contributed by atoms with E-state index < -0.39 is 0 Å². The second-order valence-corrected chi connectivity index (χ2v) is 13.6. The Kier molecular flexibility index (Phi) is 10.1. The number of rotatable bonds is 12. The molecule has 0 saturated carbocycles. The highest BCUT2D eigenvalue weighted by molar-refractivity contribution is 5.94. The average Bonchev–Trinajstić information content (AvgIpc) is 4.14. The molecule has 32 heteroatoms. The molecule has 62 heavy (non-hydrogen) atoms. The average molecular weight is 845 g/mol. The Morgan fingerprint density at radius 2 is 0.871 bits per heavy atom. The molecule has 10 aromatic rings. The Morgan fingerprint density at radius 3 is 1.29 bits per heavy atom. The third kappa shape index (κ3) is 7.66. The number of tetrazole rings is 4. The van der Waals surface area contributed by atoms with Gasteiger partial charge in [0.05, 0.1) is 72.9 Å². The van der Waals surface area contributed by atoms with E-state index in [2.05, 4.69) is 103 Å². The van der Waals surface area contributed by atoms with Gasteiger partial charge < -0.3 is 0 Å². The van der Waals surface area contributed by atoms with Crippen LogP contribution in [0.5, 0.6) is 0 Å². The van der Waals surface area contributed by atoms with Crippen LogP contribution in [0.4, 0.5) is 0 Å². The van der Waals surface area contributed by atoms with Crippen molar-refractivity contribution >= 4 is 43.6 Å². The molecule has 0 unspecified atom stereocenters. The van der Waals surface area contributed by atoms with Crippen LogP contribution >= 0.6 is 0 Å². The molecule has 0 aliphatic heterocycles. The Bertz CT molecular complexity index is 3170. The highest BCUT2D eigenvalue weighted by Crippen LogP contribution is 2.16. The first-order valence-corrected chi connectivity index (χ1v) is 18.4. The smallest absolute Gasteiger partial charge is 0.267 e. The monoisotopic (exact) mass is 844 g/mol. The van der Waals surface area contributed by atoms with Crippen molar-refractivity contribution in [3.8, 4) is 0 Å². The van der Waals surface area contributed by atoms with E-state index in [0.29, 0.717) is 37.2 Å². The molecule has 8 heterocycles. The molecular weight excluding hydrogens is 817 g/mol. The SMILES string of the molecule is C[C@H](Cn1cnnn1)n1nnc2cc3c(=O)n(CCn4cnnn4)nnc3cc2c1=O.C[C@H](Cn1cnnn1)n1nnc2cc3c(=O)n(CCn4ncnn4)nnc3cc2c1=O. The van der Waals surface area contributed by atoms with Gasteiger partial charge in [0.25, 0.3) is 22.2 Å². The first kappa shape index (κ1) is 38.5. The van der Waals surface area contributed by atoms with Gasteiger partial charge in [-0.1, -0.05) is 20.9 Å². The summed E-state index contributed by atoms with van der Waals surface area (Å²) < 4.78 is 9.35. The Balaban J connectivity index is 0.000000158. The Morgan fingerprint density at radius 1 is 0.452 bits per heavy atom. The molecule has 0 aliphatic carbocycles. The van der Waals surface area contributed by atoms with Crippen LogP contribution in [0.15, 0.2) is 68.8 Å². The van der Waals surface area contributed by atoms with Gasteiger partial charge in [-0.05, 0) is 74.6 Å². The van der Waals surface area contributed by atoms with Crippen molar-refractivity contribution in [1.82, 2.24) is 141 Å². The predicted molar refractivity (Wildman–Crippen MR) is 203 cm³/mol. The molecule has 0 amide bonds. The van der Waals surface area contributed by atoms with E-state index in [-0.39, 0.29) is 80.0 Å². The summed E-state index contributed by atoms with van der Waals surface area (Å²) in [6.45, 7) is 5.37. The fourth-order valence-corrected chi connectivity index (χ4v) is 6.30. The molecule has 0 fully saturated rings. The molecule has 0 radical (unpaired) electrons. The summed E-state index contributed by atoms with van der Waals surface area (Å²) in [5.74, 6) is 0. The van der Waals surface area contributed by atoms with E-state index in [9.17, 15) is 19.2 Å². The maximum Gasteiger partial charge on any atom is 0.277 e. The summed E-state index contributed by atoms with van der Waals surface area (Å²) >= 11 is 0. The Labute approximate surface area is 340 Å². The predicted octanol–water partition coefficient (Wildman–Crippen LogP) is -4.34. The molecule has 0 aliphatic rings. The van der Waals surface area contributed by atoms with Gasteiger partial charge in [-0.3, -0.25) is 19.2 Å². The summed E-state index contributed by atoms with van der Waals surface area (Å²) in [5.41, 5.74) is -0.298. The zero-order valence-corrected chi connectivity index (χ0v) is 32.2. The normalized spacial score (nSPS) is 12.5. The fourth-order valence-electron chi connectivity index (χ4n) is 6.30. The van der Waals surface area contributed by atoms with E-state index in [1.807, 2.05) is 0 Å². The molecule has 0 bridgehead atoms. The number of aromatic nitrogens is 28. The first-order chi connectivity index (χ1) is 30.2. The Hall–Kier alpha value is -9.00. The van der Waals surface area contributed by atoms with Crippen LogP contribution in [0.3, 0.4) is 0 Å². The molecule has 32 nitrogen and oxygen atoms in total. The molecule has 8 aromatic heterocycles. The topological polar surface area (TPSA) is 366 Å². The third-order valence-electron chi connectivity index (χ3n) is 9.41. The highest BCUT2D eigenvalue weighted by Gasteiger charge is 2.18. The van der Waals surface area contributed by atoms with Gasteiger partial charge in [-0.15, -0.1) is 45.9 Å². The number of hydrogen-bond acceptors (Lipinski definition) is 24. The van der Waals surface area contributed by atoms with Gasteiger partial charge in [0.2, 0.25) is 0 Å². The summed E-state index contributed by atoms with van der Waals surface area (Å²) in [5, 5.41) is 77.4. The molecule has 0 saturated heterocycles. The van der Waals surface area contributed by atoms with Crippen molar-refractivity contribution in [2.45, 2.75) is 65.2 Å². The van der Waals surface area contributed by atoms with Crippen LogP contribution in [-0.4, -0.2) is 141 Å². The lowest BCUT2D eigenvalue weighted by Gasteiger charge is -2.13. The van der Waals surface area contributed by atoms with Crippen molar-refractivity contribution in [2.24, 2.45) is 0 Å². The maximum atomic E-state index is 13.0. The largest absolute Gasteiger partial charge is 0.277 e. The number of benzene rings is 2. The van der Waals surface area contributed by atoms with Gasteiger partial charge in [-0.25, -0.2) is 32.8 Å². The van der Waals surface area contributed by atoms with Gasteiger partial charge in [0, 0.05) is 0 Å². The minimum Gasteiger partial charge on any atom is -0.267 e. The van der Waals surface area contributed by atoms with E-state index in [0.717, 1.165) is 0 Å². The van der Waals surface area contributed by atoms with Crippen LogP contribution in [0.25, 0.3) is 43.6 Å². The van der Waals surface area contributed by atoms with Crippen LogP contribution < -0.4 is 22.2 Å². The van der Waals surface area contributed by atoms with Crippen molar-refractivity contribution in [1.29, 1.82) is 0 Å². The second-order valence-electron chi connectivity index (χ2n) is 13.6. The van der Waals surface area contributed by atoms with E-state index >= 15 is 0 Å². The van der Waals surface area contributed by atoms with Crippen molar-refractivity contribution in [3.63, 3.8) is 0 Å². The molecule has 2 aromatic carbocycles. The molecule has 2 atom stereocenters. The highest BCUT2D eigenvalue weighted by atomic mass is 16.1. The zero-order valence-electron chi connectivity index (χ0n) is 32.2. The second kappa shape index (κ2) is 16.3. The van der Waals surface area contributed by atoms with Gasteiger partial charge in [0.1, 0.15) is 41.0 Å². The molecule has 0 spiro atoms. The van der Waals surface area contributed by atoms with E-state index in [4.69, 9.17) is 0 Å². The number of hydrogen-bond donors (Lipinski definition) is 0. The quantitative estimate of drug-likeness (QED) is 0.105. The van der Waals surface area contributed by atoms with E-state index in [1.165, 1.54) is 87.1 Å². The molecular formula is C30H28N28O4. The lowest BCUT2D eigenvalue weighted by Crippen LogP contribution is -2.30. The van der Waals surface area contributed by atoms with Crippen molar-refractivity contribution in [3.05, 3.63) is 91.0 Å². The zero-order chi connectivity index (χ0) is 42.7. The lowest BCUT2D eigenvalue weighted by atomic mass is 10.2. The van der Waals surface area contributed by atoms with E-state index in [1.54, 1.807) is 13.8 Å². The third-order valence-corrected chi connectivity index (χ3v) is 9.41. The van der Waals surface area contributed by atoms with Crippen LogP contribution in [0, 0.1) is 0 Å². The molecule has 0 N–H and O–H groups in total. The fraction of sp³-hybridized carbons (Fsp3) is 0.333. The molecule has 10 rings (SSSR count). The van der Waals surface area contributed by atoms with Gasteiger partial charge >= 0.3 is 0 Å². The summed E-state index contributed by atoms with van der Waals surface area (Å²) in [6, 6.07) is 5.29. The van der Waals surface area contributed by atoms with Crippen molar-refractivity contribution in [2.75, 3.05) is 0 Å². The number of aryl methyl sites for hydroxylation is 4. The minimum absolute atomic E-state index is 0.206. The lowest BCUT2D eigenvalue weighted by molar-refractivity contribution is 0.375. The summed E-state index contributed by atoms with van der Waals surface area (Å²) in [7, 11) is 0. The minimum atomic E-state index is -0.370. The van der Waals surface area contributed by atoms with Crippen molar-refractivity contribution < 1.29 is 0 Å². The van der Waals surface area contributed by atoms with Gasteiger partial charge in [-0.2, -0.15) is 4.80 Å². The molecule has 312 valence electrons. The standard InChI is InChI=1S/2C15H14N14O2/c1-9(6-27-8-17-21-25-27)29-15(31)11-5-12-10(4-13(11)19-23-29)14(30)28(22-18-12)3-2-26-7-16-20-24-26;1-9(6-26-8-17-21-25-26)29-15(31)11-5-12-10(4-13(11)20-24-29)14(30)27(23-19-12)2-3-28-18-7-16-22-28/h2*4-5,7-9H,2-3,6H2,1H3/t2*9-/m11/s1. The van der Waals surface area contributed by atoms with Crippen LogP contribution in [0.2, 0.25) is 0 Å². The first-order valence-electron chi connectivity index (χ1n) is 18.4. The van der Waals surface area contributed by atoms with Crippen LogP contribution in [-0.2, 0) is 39.3 Å².